The Bertz CT molecular complexity index is 509. The van der Waals surface area contributed by atoms with E-state index in [-0.39, 0.29) is 22.5 Å². The molecule has 94 valence electrons. The standard InChI is InChI=1S/C11H13N5OS/c1-6(10(17)15-8-2-3-8)18-11-14-5-7(4-12)9(13)16-11/h5-6,8H,2-3H2,1H3,(H,15,17)(H2,13,14,16)/t6-/m0/s1. The molecule has 2 rings (SSSR count). The molecule has 1 aliphatic carbocycles. The monoisotopic (exact) mass is 263 g/mol. The summed E-state index contributed by atoms with van der Waals surface area (Å²) in [5.74, 6) is 0.124. The van der Waals surface area contributed by atoms with Gasteiger partial charge in [0.25, 0.3) is 0 Å². The summed E-state index contributed by atoms with van der Waals surface area (Å²) in [7, 11) is 0. The van der Waals surface area contributed by atoms with Crippen molar-refractivity contribution >= 4 is 23.5 Å². The van der Waals surface area contributed by atoms with Crippen molar-refractivity contribution in [1.82, 2.24) is 15.3 Å². The maximum atomic E-state index is 11.7. The predicted molar refractivity (Wildman–Crippen MR) is 67.6 cm³/mol. The third kappa shape index (κ3) is 3.11. The first-order valence-electron chi connectivity index (χ1n) is 5.60. The third-order valence-electron chi connectivity index (χ3n) is 2.49. The molecule has 1 aromatic heterocycles. The topological polar surface area (TPSA) is 105 Å². The number of carbonyl (C=O) groups excluding carboxylic acids is 1. The molecule has 0 aliphatic heterocycles. The van der Waals surface area contributed by atoms with Crippen molar-refractivity contribution in [2.45, 2.75) is 36.2 Å². The molecule has 1 atom stereocenters. The number of hydrogen-bond donors (Lipinski definition) is 2. The van der Waals surface area contributed by atoms with Gasteiger partial charge in [-0.25, -0.2) is 9.97 Å². The summed E-state index contributed by atoms with van der Waals surface area (Å²) in [6, 6.07) is 2.23. The molecule has 3 N–H and O–H groups in total. The highest BCUT2D eigenvalue weighted by molar-refractivity contribution is 8.00. The summed E-state index contributed by atoms with van der Waals surface area (Å²) >= 11 is 1.23. The normalized spacial score (nSPS) is 15.8. The summed E-state index contributed by atoms with van der Waals surface area (Å²) < 4.78 is 0. The van der Waals surface area contributed by atoms with Gasteiger partial charge in [-0.1, -0.05) is 11.8 Å². The van der Waals surface area contributed by atoms with E-state index < -0.39 is 0 Å². The highest BCUT2D eigenvalue weighted by Crippen LogP contribution is 2.23. The summed E-state index contributed by atoms with van der Waals surface area (Å²) in [6.07, 6.45) is 3.49. The number of nitriles is 1. The molecule has 1 amide bonds. The molecular formula is C11H13N5OS. The van der Waals surface area contributed by atoms with E-state index in [0.717, 1.165) is 12.8 Å². The molecule has 7 heteroatoms. The van der Waals surface area contributed by atoms with Gasteiger partial charge in [0.1, 0.15) is 17.5 Å². The van der Waals surface area contributed by atoms with Crippen molar-refractivity contribution in [3.8, 4) is 6.07 Å². The molecule has 0 bridgehead atoms. The van der Waals surface area contributed by atoms with E-state index >= 15 is 0 Å². The van der Waals surface area contributed by atoms with Gasteiger partial charge in [-0.2, -0.15) is 5.26 Å². The summed E-state index contributed by atoms with van der Waals surface area (Å²) in [5, 5.41) is 11.7. The van der Waals surface area contributed by atoms with Crippen LogP contribution in [0.2, 0.25) is 0 Å². The van der Waals surface area contributed by atoms with Gasteiger partial charge in [-0.3, -0.25) is 4.79 Å². The van der Waals surface area contributed by atoms with Crippen LogP contribution in [0.15, 0.2) is 11.4 Å². The highest BCUT2D eigenvalue weighted by Gasteiger charge is 2.26. The number of nitrogens with two attached hydrogens (primary N) is 1. The number of aromatic nitrogens is 2. The lowest BCUT2D eigenvalue weighted by Gasteiger charge is -2.10. The third-order valence-corrected chi connectivity index (χ3v) is 3.47. The molecule has 1 heterocycles. The maximum absolute atomic E-state index is 11.7. The molecule has 0 saturated heterocycles. The fourth-order valence-corrected chi connectivity index (χ4v) is 2.03. The van der Waals surface area contributed by atoms with Crippen LogP contribution in [-0.2, 0) is 4.79 Å². The molecule has 18 heavy (non-hydrogen) atoms. The minimum atomic E-state index is -0.280. The lowest BCUT2D eigenvalue weighted by Crippen LogP contribution is -2.32. The molecule has 0 unspecified atom stereocenters. The van der Waals surface area contributed by atoms with Gasteiger partial charge in [-0.15, -0.1) is 0 Å². The molecule has 0 radical (unpaired) electrons. The van der Waals surface area contributed by atoms with E-state index in [1.807, 2.05) is 6.07 Å². The fourth-order valence-electron chi connectivity index (χ4n) is 1.28. The molecular weight excluding hydrogens is 250 g/mol. The van der Waals surface area contributed by atoms with Crippen LogP contribution >= 0.6 is 11.8 Å². The van der Waals surface area contributed by atoms with Gasteiger partial charge in [0.15, 0.2) is 5.16 Å². The Labute approximate surface area is 109 Å². The Morgan fingerprint density at radius 3 is 3.00 bits per heavy atom. The van der Waals surface area contributed by atoms with Crippen LogP contribution in [0.25, 0.3) is 0 Å². The minimum absolute atomic E-state index is 0.0194. The number of nitrogens with one attached hydrogen (secondary N) is 1. The minimum Gasteiger partial charge on any atom is -0.382 e. The van der Waals surface area contributed by atoms with Crippen LogP contribution in [-0.4, -0.2) is 27.2 Å². The second-order valence-corrected chi connectivity index (χ2v) is 5.41. The quantitative estimate of drug-likeness (QED) is 0.611. The average Bonchev–Trinajstić information content (AvgIpc) is 3.13. The largest absolute Gasteiger partial charge is 0.382 e. The van der Waals surface area contributed by atoms with Crippen LogP contribution in [0.1, 0.15) is 25.3 Å². The summed E-state index contributed by atoms with van der Waals surface area (Å²) in [4.78, 5) is 19.7. The van der Waals surface area contributed by atoms with E-state index in [9.17, 15) is 4.79 Å². The second kappa shape index (κ2) is 5.23. The Morgan fingerprint density at radius 1 is 1.72 bits per heavy atom. The zero-order valence-electron chi connectivity index (χ0n) is 9.88. The van der Waals surface area contributed by atoms with Crippen molar-refractivity contribution in [3.05, 3.63) is 11.8 Å². The number of carbonyl (C=O) groups is 1. The number of anilines is 1. The van der Waals surface area contributed by atoms with Crippen LogP contribution < -0.4 is 11.1 Å². The van der Waals surface area contributed by atoms with E-state index in [1.165, 1.54) is 18.0 Å². The van der Waals surface area contributed by atoms with Crippen molar-refractivity contribution in [2.75, 3.05) is 5.73 Å². The number of nitrogen functional groups attached to an aromatic ring is 1. The number of rotatable bonds is 4. The SMILES string of the molecule is C[C@H](Sc1ncc(C#N)c(N)n1)C(=O)NC1CC1. The van der Waals surface area contributed by atoms with Crippen molar-refractivity contribution < 1.29 is 4.79 Å². The molecule has 1 aliphatic rings. The zero-order chi connectivity index (χ0) is 13.1. The Balaban J connectivity index is 1.97. The van der Waals surface area contributed by atoms with Crippen LogP contribution in [0, 0.1) is 11.3 Å². The van der Waals surface area contributed by atoms with Gasteiger partial charge in [0, 0.05) is 6.04 Å². The van der Waals surface area contributed by atoms with E-state index in [0.29, 0.717) is 11.2 Å². The first-order valence-corrected chi connectivity index (χ1v) is 6.47. The van der Waals surface area contributed by atoms with E-state index in [1.54, 1.807) is 6.92 Å². The van der Waals surface area contributed by atoms with Gasteiger partial charge >= 0.3 is 0 Å². The average molecular weight is 263 g/mol. The van der Waals surface area contributed by atoms with Crippen molar-refractivity contribution in [1.29, 1.82) is 5.26 Å². The smallest absolute Gasteiger partial charge is 0.233 e. The van der Waals surface area contributed by atoms with Gasteiger partial charge in [0.05, 0.1) is 11.4 Å². The first-order chi connectivity index (χ1) is 8.60. The van der Waals surface area contributed by atoms with Gasteiger partial charge < -0.3 is 11.1 Å². The van der Waals surface area contributed by atoms with Crippen LogP contribution in [0.3, 0.4) is 0 Å². The Morgan fingerprint density at radius 2 is 2.44 bits per heavy atom. The number of hydrogen-bond acceptors (Lipinski definition) is 6. The van der Waals surface area contributed by atoms with Crippen LogP contribution in [0.5, 0.6) is 0 Å². The van der Waals surface area contributed by atoms with Gasteiger partial charge in [0.2, 0.25) is 5.91 Å². The summed E-state index contributed by atoms with van der Waals surface area (Å²) in [6.45, 7) is 1.79. The molecule has 0 aromatic carbocycles. The summed E-state index contributed by atoms with van der Waals surface area (Å²) in [5.41, 5.74) is 5.83. The highest BCUT2D eigenvalue weighted by atomic mass is 32.2. The second-order valence-electron chi connectivity index (χ2n) is 4.11. The molecule has 1 fully saturated rings. The lowest BCUT2D eigenvalue weighted by molar-refractivity contribution is -0.120. The van der Waals surface area contributed by atoms with Crippen molar-refractivity contribution in [2.24, 2.45) is 0 Å². The Kier molecular flexibility index (Phi) is 3.67. The maximum Gasteiger partial charge on any atom is 0.233 e. The molecule has 1 aromatic rings. The van der Waals surface area contributed by atoms with Crippen molar-refractivity contribution in [3.63, 3.8) is 0 Å². The molecule has 1 saturated carbocycles. The lowest BCUT2D eigenvalue weighted by atomic mass is 10.3. The van der Waals surface area contributed by atoms with Crippen LogP contribution in [0.4, 0.5) is 5.82 Å². The number of amides is 1. The fraction of sp³-hybridized carbons (Fsp3) is 0.455. The number of nitrogens with zero attached hydrogens (tertiary/aromatic N) is 3. The molecule has 0 spiro atoms. The molecule has 6 nitrogen and oxygen atoms in total. The Hall–Kier alpha value is -1.81. The predicted octanol–water partition coefficient (Wildman–Crippen LogP) is 0.690. The van der Waals surface area contributed by atoms with E-state index in [2.05, 4.69) is 15.3 Å². The number of thioether (sulfide) groups is 1. The first kappa shape index (κ1) is 12.6. The zero-order valence-corrected chi connectivity index (χ0v) is 10.7. The van der Waals surface area contributed by atoms with E-state index in [4.69, 9.17) is 11.0 Å². The van der Waals surface area contributed by atoms with Gasteiger partial charge in [-0.05, 0) is 19.8 Å².